The average molecular weight is 489 g/mol. The Bertz CT molecular complexity index is 1300. The third kappa shape index (κ3) is 5.87. The molecule has 8 nitrogen and oxygen atoms in total. The van der Waals surface area contributed by atoms with E-state index in [1.807, 2.05) is 85.1 Å². The fraction of sp³-hybridized carbons (Fsp3) is 0.231. The van der Waals surface area contributed by atoms with E-state index >= 15 is 0 Å². The number of carbonyl (C=O) groups excluding carboxylic acids is 1. The summed E-state index contributed by atoms with van der Waals surface area (Å²) < 4.78 is 9.31. The number of benzene rings is 2. The Morgan fingerprint density at radius 2 is 1.80 bits per heavy atom. The molecule has 2 aromatic carbocycles. The lowest BCUT2D eigenvalue weighted by atomic mass is 10.2. The molecule has 1 N–H and O–H groups in total. The molecular formula is C26H28N6O2S. The van der Waals surface area contributed by atoms with E-state index in [1.165, 1.54) is 11.8 Å². The summed E-state index contributed by atoms with van der Waals surface area (Å²) in [6, 6.07) is 21.8. The van der Waals surface area contributed by atoms with Gasteiger partial charge in [-0.3, -0.25) is 9.36 Å². The molecule has 0 atom stereocenters. The summed E-state index contributed by atoms with van der Waals surface area (Å²) in [5.41, 5.74) is 7.66. The molecule has 1 amide bonds. The van der Waals surface area contributed by atoms with Crippen LogP contribution in [0.15, 0.2) is 77.0 Å². The maximum absolute atomic E-state index is 12.5. The van der Waals surface area contributed by atoms with Crippen LogP contribution in [0.3, 0.4) is 0 Å². The molecule has 0 fully saturated rings. The topological polar surface area (TPSA) is 86.3 Å². The fourth-order valence-electron chi connectivity index (χ4n) is 3.77. The van der Waals surface area contributed by atoms with Crippen LogP contribution in [0.4, 0.5) is 0 Å². The van der Waals surface area contributed by atoms with E-state index < -0.39 is 0 Å². The Balaban J connectivity index is 1.44. The van der Waals surface area contributed by atoms with Crippen molar-refractivity contribution in [1.82, 2.24) is 24.8 Å². The van der Waals surface area contributed by atoms with Gasteiger partial charge in [0, 0.05) is 41.9 Å². The Hall–Kier alpha value is -3.69. The molecule has 2 heterocycles. The first-order valence-electron chi connectivity index (χ1n) is 11.2. The number of carbonyl (C=O) groups is 1. The first-order chi connectivity index (χ1) is 17.1. The molecule has 0 aliphatic rings. The number of hydrogen-bond acceptors (Lipinski definition) is 6. The maximum atomic E-state index is 12.5. The van der Waals surface area contributed by atoms with Crippen molar-refractivity contribution in [2.24, 2.45) is 5.10 Å². The van der Waals surface area contributed by atoms with E-state index in [4.69, 9.17) is 4.74 Å². The Morgan fingerprint density at radius 3 is 2.51 bits per heavy atom. The quantitative estimate of drug-likeness (QED) is 0.205. The summed E-state index contributed by atoms with van der Waals surface area (Å²) in [5.74, 6) is 0.661. The van der Waals surface area contributed by atoms with Gasteiger partial charge >= 0.3 is 0 Å². The van der Waals surface area contributed by atoms with Gasteiger partial charge in [-0.2, -0.15) is 5.10 Å². The number of hydrogen-bond donors (Lipinski definition) is 1. The highest BCUT2D eigenvalue weighted by Gasteiger charge is 2.17. The van der Waals surface area contributed by atoms with Crippen molar-refractivity contribution in [2.45, 2.75) is 25.5 Å². The highest BCUT2D eigenvalue weighted by atomic mass is 32.2. The van der Waals surface area contributed by atoms with Crippen LogP contribution in [0.2, 0.25) is 0 Å². The molecule has 0 bridgehead atoms. The zero-order chi connectivity index (χ0) is 24.6. The van der Waals surface area contributed by atoms with Crippen molar-refractivity contribution in [3.8, 4) is 17.1 Å². The Labute approximate surface area is 209 Å². The van der Waals surface area contributed by atoms with Gasteiger partial charge in [-0.1, -0.05) is 60.3 Å². The minimum Gasteiger partial charge on any atom is -0.383 e. The van der Waals surface area contributed by atoms with Gasteiger partial charge < -0.3 is 9.30 Å². The second-order valence-electron chi connectivity index (χ2n) is 7.90. The molecule has 0 unspecified atom stereocenters. The predicted molar refractivity (Wildman–Crippen MR) is 139 cm³/mol. The lowest BCUT2D eigenvalue weighted by molar-refractivity contribution is -0.118. The molecule has 4 aromatic rings. The first-order valence-corrected chi connectivity index (χ1v) is 12.2. The van der Waals surface area contributed by atoms with Crippen LogP contribution in [0, 0.1) is 13.8 Å². The second-order valence-corrected chi connectivity index (χ2v) is 8.84. The standard InChI is InChI=1S/C26H28N6O2S/c1-19-16-22(20(2)31(19)14-15-34-3)17-27-28-24(33)18-35-26-30-29-25(21-10-6-4-7-11-21)32(26)23-12-8-5-9-13-23/h4-13,16-17H,14-15,18H2,1-3H3,(H,28,33)/b27-17+. The minimum absolute atomic E-state index is 0.157. The number of hydrazone groups is 1. The van der Waals surface area contributed by atoms with E-state index in [9.17, 15) is 4.79 Å². The van der Waals surface area contributed by atoms with Crippen LogP contribution >= 0.6 is 11.8 Å². The zero-order valence-corrected chi connectivity index (χ0v) is 20.8. The molecule has 0 aliphatic carbocycles. The molecule has 9 heteroatoms. The SMILES string of the molecule is COCCn1c(C)cc(/C=N/NC(=O)CSc2nnc(-c3ccccc3)n2-c2ccccc2)c1C. The monoisotopic (exact) mass is 488 g/mol. The van der Waals surface area contributed by atoms with Gasteiger partial charge in [-0.05, 0) is 32.0 Å². The molecule has 180 valence electrons. The number of thioether (sulfide) groups is 1. The van der Waals surface area contributed by atoms with Crippen LogP contribution < -0.4 is 5.43 Å². The minimum atomic E-state index is -0.219. The normalized spacial score (nSPS) is 11.3. The van der Waals surface area contributed by atoms with Crippen LogP contribution in [-0.4, -0.2) is 50.9 Å². The number of nitrogens with zero attached hydrogens (tertiary/aromatic N) is 5. The molecule has 0 radical (unpaired) electrons. The summed E-state index contributed by atoms with van der Waals surface area (Å²) in [6.07, 6.45) is 1.67. The van der Waals surface area contributed by atoms with Gasteiger partial charge in [-0.15, -0.1) is 10.2 Å². The average Bonchev–Trinajstić information content (AvgIpc) is 3.43. The second kappa shape index (κ2) is 11.6. The summed E-state index contributed by atoms with van der Waals surface area (Å²) in [5, 5.41) is 13.6. The lowest BCUT2D eigenvalue weighted by Gasteiger charge is -2.10. The molecule has 0 saturated heterocycles. The van der Waals surface area contributed by atoms with Crippen LogP contribution in [-0.2, 0) is 16.1 Å². The van der Waals surface area contributed by atoms with Gasteiger partial charge in [0.05, 0.1) is 18.6 Å². The van der Waals surface area contributed by atoms with Crippen LogP contribution in [0.25, 0.3) is 17.1 Å². The summed E-state index contributed by atoms with van der Waals surface area (Å²) in [6.45, 7) is 5.49. The summed E-state index contributed by atoms with van der Waals surface area (Å²) >= 11 is 1.32. The number of ether oxygens (including phenoxy) is 1. The number of aromatic nitrogens is 4. The van der Waals surface area contributed by atoms with E-state index in [0.717, 1.165) is 40.6 Å². The van der Waals surface area contributed by atoms with Gasteiger partial charge in [0.2, 0.25) is 0 Å². The highest BCUT2D eigenvalue weighted by molar-refractivity contribution is 7.99. The molecular weight excluding hydrogens is 460 g/mol. The van der Waals surface area contributed by atoms with Crippen molar-refractivity contribution in [1.29, 1.82) is 0 Å². The third-order valence-corrected chi connectivity index (χ3v) is 6.47. The van der Waals surface area contributed by atoms with Gasteiger partial charge in [0.1, 0.15) is 0 Å². The van der Waals surface area contributed by atoms with Crippen molar-refractivity contribution in [3.63, 3.8) is 0 Å². The number of para-hydroxylation sites is 1. The Kier molecular flexibility index (Phi) is 8.12. The van der Waals surface area contributed by atoms with Crippen molar-refractivity contribution in [2.75, 3.05) is 19.5 Å². The summed E-state index contributed by atoms with van der Waals surface area (Å²) in [4.78, 5) is 12.5. The number of amides is 1. The maximum Gasteiger partial charge on any atom is 0.250 e. The smallest absolute Gasteiger partial charge is 0.250 e. The predicted octanol–water partition coefficient (Wildman–Crippen LogP) is 4.24. The van der Waals surface area contributed by atoms with Gasteiger partial charge in [0.15, 0.2) is 11.0 Å². The third-order valence-electron chi connectivity index (χ3n) is 5.54. The largest absolute Gasteiger partial charge is 0.383 e. The number of nitrogens with one attached hydrogen (secondary N) is 1. The van der Waals surface area contributed by atoms with Crippen molar-refractivity contribution < 1.29 is 9.53 Å². The molecule has 35 heavy (non-hydrogen) atoms. The molecule has 0 saturated carbocycles. The van der Waals surface area contributed by atoms with E-state index in [-0.39, 0.29) is 11.7 Å². The van der Waals surface area contributed by atoms with Crippen LogP contribution in [0.1, 0.15) is 17.0 Å². The van der Waals surface area contributed by atoms with E-state index in [0.29, 0.717) is 11.8 Å². The molecule has 4 rings (SSSR count). The van der Waals surface area contributed by atoms with Gasteiger partial charge in [-0.25, -0.2) is 5.43 Å². The van der Waals surface area contributed by atoms with Crippen molar-refractivity contribution >= 4 is 23.9 Å². The number of methoxy groups -OCH3 is 1. The number of aryl methyl sites for hydroxylation is 1. The van der Waals surface area contributed by atoms with Crippen LogP contribution in [0.5, 0.6) is 0 Å². The fourth-order valence-corrected chi connectivity index (χ4v) is 4.51. The van der Waals surface area contributed by atoms with E-state index in [2.05, 4.69) is 25.3 Å². The molecule has 2 aromatic heterocycles. The van der Waals surface area contributed by atoms with E-state index in [1.54, 1.807) is 13.3 Å². The summed E-state index contributed by atoms with van der Waals surface area (Å²) in [7, 11) is 1.69. The lowest BCUT2D eigenvalue weighted by Crippen LogP contribution is -2.20. The number of rotatable bonds is 10. The van der Waals surface area contributed by atoms with Gasteiger partial charge in [0.25, 0.3) is 5.91 Å². The zero-order valence-electron chi connectivity index (χ0n) is 20.0. The molecule has 0 aliphatic heterocycles. The molecule has 0 spiro atoms. The first kappa shape index (κ1) is 24.4. The Morgan fingerprint density at radius 1 is 1.09 bits per heavy atom. The van der Waals surface area contributed by atoms with Crippen molar-refractivity contribution in [3.05, 3.63) is 83.7 Å². The highest BCUT2D eigenvalue weighted by Crippen LogP contribution is 2.27.